The van der Waals surface area contributed by atoms with Crippen LogP contribution in [0.25, 0.3) is 0 Å². The van der Waals surface area contributed by atoms with E-state index in [1.54, 1.807) is 4.90 Å². The number of hydrogen-bond acceptors (Lipinski definition) is 7. The summed E-state index contributed by atoms with van der Waals surface area (Å²) in [6.45, 7) is 4.17. The van der Waals surface area contributed by atoms with Gasteiger partial charge in [-0.2, -0.15) is 0 Å². The van der Waals surface area contributed by atoms with E-state index in [0.717, 1.165) is 13.0 Å². The quantitative estimate of drug-likeness (QED) is 0.577. The van der Waals surface area contributed by atoms with Gasteiger partial charge in [-0.25, -0.2) is 0 Å². The van der Waals surface area contributed by atoms with Crippen LogP contribution in [-0.2, 0) is 6.54 Å². The van der Waals surface area contributed by atoms with Crippen LogP contribution in [-0.4, -0.2) is 52.3 Å². The number of hydrogen-bond donors (Lipinski definition) is 3. The molecule has 0 radical (unpaired) electrons. The summed E-state index contributed by atoms with van der Waals surface area (Å²) in [5.41, 5.74) is 0. The molecule has 2 heterocycles. The van der Waals surface area contributed by atoms with Crippen molar-refractivity contribution in [3.63, 3.8) is 0 Å². The third-order valence-electron chi connectivity index (χ3n) is 2.69. The van der Waals surface area contributed by atoms with Gasteiger partial charge in [-0.15, -0.1) is 5.10 Å². The van der Waals surface area contributed by atoms with Crippen LogP contribution >= 0.6 is 0 Å². The summed E-state index contributed by atoms with van der Waals surface area (Å²) >= 11 is 0. The van der Waals surface area contributed by atoms with Crippen molar-refractivity contribution < 1.29 is 14.6 Å². The largest absolute Gasteiger partial charge is 0.407 e. The van der Waals surface area contributed by atoms with E-state index in [1.807, 2.05) is 0 Å². The van der Waals surface area contributed by atoms with Gasteiger partial charge in [0.15, 0.2) is 0 Å². The van der Waals surface area contributed by atoms with E-state index < -0.39 is 12.2 Å². The Morgan fingerprint density at radius 1 is 1.35 bits per heavy atom. The number of aromatic nitrogens is 2. The minimum atomic E-state index is -0.747. The van der Waals surface area contributed by atoms with Crippen LogP contribution in [0, 0.1) is 0 Å². The highest BCUT2D eigenvalue weighted by Gasteiger charge is 2.32. The molecular formula is C10H18N4O3. The fourth-order valence-electron chi connectivity index (χ4n) is 1.74. The Kier molecular flexibility index (Phi) is 3.93. The zero-order chi connectivity index (χ0) is 12.3. The van der Waals surface area contributed by atoms with E-state index in [2.05, 4.69) is 22.4 Å². The first-order valence-corrected chi connectivity index (χ1v) is 5.85. The molecule has 2 rings (SSSR count). The maximum atomic E-state index is 9.42. The van der Waals surface area contributed by atoms with Crippen molar-refractivity contribution in [2.45, 2.75) is 32.1 Å². The summed E-state index contributed by atoms with van der Waals surface area (Å²) < 4.78 is 5.43. The minimum Gasteiger partial charge on any atom is -0.407 e. The molecule has 0 saturated carbocycles. The first kappa shape index (κ1) is 12.3. The molecule has 0 aromatic carbocycles. The lowest BCUT2D eigenvalue weighted by Gasteiger charge is -2.10. The van der Waals surface area contributed by atoms with Gasteiger partial charge in [0, 0.05) is 0 Å². The summed E-state index contributed by atoms with van der Waals surface area (Å²) in [6.07, 6.45) is -0.446. The second-order valence-electron chi connectivity index (χ2n) is 4.19. The first-order valence-electron chi connectivity index (χ1n) is 5.85. The highest BCUT2D eigenvalue weighted by atomic mass is 16.4. The van der Waals surface area contributed by atoms with Gasteiger partial charge in [-0.3, -0.25) is 0 Å². The summed E-state index contributed by atoms with van der Waals surface area (Å²) in [5, 5.41) is 29.8. The molecule has 1 saturated heterocycles. The number of nitrogens with zero attached hydrogens (tertiary/aromatic N) is 3. The molecule has 1 aliphatic rings. The second kappa shape index (κ2) is 5.44. The molecule has 0 spiro atoms. The van der Waals surface area contributed by atoms with Crippen molar-refractivity contribution in [3.05, 3.63) is 5.89 Å². The van der Waals surface area contributed by atoms with Crippen molar-refractivity contribution in [1.82, 2.24) is 15.5 Å². The van der Waals surface area contributed by atoms with Crippen molar-refractivity contribution in [2.75, 3.05) is 24.5 Å². The molecule has 7 heteroatoms. The van der Waals surface area contributed by atoms with Gasteiger partial charge in [0.25, 0.3) is 0 Å². The van der Waals surface area contributed by atoms with E-state index in [1.165, 1.54) is 0 Å². The van der Waals surface area contributed by atoms with Crippen LogP contribution in [0.15, 0.2) is 4.42 Å². The van der Waals surface area contributed by atoms with E-state index in [0.29, 0.717) is 31.5 Å². The number of rotatable bonds is 5. The predicted molar refractivity (Wildman–Crippen MR) is 60.5 cm³/mol. The number of nitrogens with one attached hydrogen (secondary N) is 1. The number of aliphatic hydroxyl groups excluding tert-OH is 2. The van der Waals surface area contributed by atoms with E-state index >= 15 is 0 Å². The lowest BCUT2D eigenvalue weighted by molar-refractivity contribution is 0.0572. The molecule has 2 atom stereocenters. The zero-order valence-corrected chi connectivity index (χ0v) is 9.83. The molecule has 1 aromatic heterocycles. The molecule has 0 bridgehead atoms. The number of β-amino-alcohol motifs (C(OH)–C–C–N with tert-alkyl or cyclic N) is 2. The van der Waals surface area contributed by atoms with E-state index in [9.17, 15) is 10.2 Å². The molecule has 1 aromatic rings. The zero-order valence-electron chi connectivity index (χ0n) is 9.83. The topological polar surface area (TPSA) is 94.7 Å². The first-order chi connectivity index (χ1) is 8.20. The average Bonchev–Trinajstić information content (AvgIpc) is 2.88. The monoisotopic (exact) mass is 242 g/mol. The van der Waals surface area contributed by atoms with E-state index in [4.69, 9.17) is 4.42 Å². The number of aliphatic hydroxyl groups is 2. The average molecular weight is 242 g/mol. The third-order valence-corrected chi connectivity index (χ3v) is 2.69. The Labute approximate surface area is 99.4 Å². The van der Waals surface area contributed by atoms with Crippen LogP contribution < -0.4 is 10.2 Å². The molecule has 0 amide bonds. The molecule has 17 heavy (non-hydrogen) atoms. The molecule has 0 aliphatic carbocycles. The normalized spacial score (nSPS) is 24.5. The molecule has 2 unspecified atom stereocenters. The van der Waals surface area contributed by atoms with Crippen molar-refractivity contribution in [1.29, 1.82) is 0 Å². The van der Waals surface area contributed by atoms with Gasteiger partial charge in [0.1, 0.15) is 0 Å². The third kappa shape index (κ3) is 2.93. The van der Waals surface area contributed by atoms with Crippen LogP contribution in [0.1, 0.15) is 19.2 Å². The fourth-order valence-corrected chi connectivity index (χ4v) is 1.74. The Hall–Kier alpha value is -1.18. The van der Waals surface area contributed by atoms with Gasteiger partial charge >= 0.3 is 6.01 Å². The molecule has 3 N–H and O–H groups in total. The van der Waals surface area contributed by atoms with E-state index in [-0.39, 0.29) is 0 Å². The Morgan fingerprint density at radius 2 is 2.06 bits per heavy atom. The maximum Gasteiger partial charge on any atom is 0.318 e. The highest BCUT2D eigenvalue weighted by molar-refractivity contribution is 5.28. The Morgan fingerprint density at radius 3 is 2.71 bits per heavy atom. The smallest absolute Gasteiger partial charge is 0.318 e. The SMILES string of the molecule is CCCNCc1nnc(N2CC(O)C(O)C2)o1. The minimum absolute atomic E-state index is 0.325. The summed E-state index contributed by atoms with van der Waals surface area (Å²) in [7, 11) is 0. The summed E-state index contributed by atoms with van der Waals surface area (Å²) in [6, 6.07) is 0.355. The van der Waals surface area contributed by atoms with Crippen molar-refractivity contribution in [3.8, 4) is 0 Å². The Bertz CT molecular complexity index is 347. The Balaban J connectivity index is 1.90. The van der Waals surface area contributed by atoms with Gasteiger partial charge in [-0.05, 0) is 13.0 Å². The molecule has 7 nitrogen and oxygen atoms in total. The summed E-state index contributed by atoms with van der Waals surface area (Å²) in [5.74, 6) is 0.518. The van der Waals surface area contributed by atoms with Crippen LogP contribution in [0.5, 0.6) is 0 Å². The fraction of sp³-hybridized carbons (Fsp3) is 0.800. The lowest BCUT2D eigenvalue weighted by Crippen LogP contribution is -2.22. The summed E-state index contributed by atoms with van der Waals surface area (Å²) in [4.78, 5) is 1.69. The maximum absolute atomic E-state index is 9.42. The predicted octanol–water partition coefficient (Wildman–Crippen LogP) is -0.889. The van der Waals surface area contributed by atoms with Crippen LogP contribution in [0.3, 0.4) is 0 Å². The standard InChI is InChI=1S/C10H18N4O3/c1-2-3-11-4-9-12-13-10(17-9)14-5-7(15)8(16)6-14/h7-8,11,15-16H,2-6H2,1H3. The van der Waals surface area contributed by atoms with Gasteiger partial charge in [0.2, 0.25) is 5.89 Å². The molecule has 96 valence electrons. The van der Waals surface area contributed by atoms with Crippen molar-refractivity contribution in [2.24, 2.45) is 0 Å². The number of anilines is 1. The highest BCUT2D eigenvalue weighted by Crippen LogP contribution is 2.18. The lowest BCUT2D eigenvalue weighted by atomic mass is 10.3. The van der Waals surface area contributed by atoms with Gasteiger partial charge in [0.05, 0.1) is 31.8 Å². The van der Waals surface area contributed by atoms with Crippen LogP contribution in [0.4, 0.5) is 6.01 Å². The van der Waals surface area contributed by atoms with Crippen LogP contribution in [0.2, 0.25) is 0 Å². The second-order valence-corrected chi connectivity index (χ2v) is 4.19. The van der Waals surface area contributed by atoms with Gasteiger partial charge in [-0.1, -0.05) is 12.0 Å². The van der Waals surface area contributed by atoms with Gasteiger partial charge < -0.3 is 24.8 Å². The molecule has 1 fully saturated rings. The molecule has 1 aliphatic heterocycles. The molecular weight excluding hydrogens is 224 g/mol. The van der Waals surface area contributed by atoms with Crippen molar-refractivity contribution >= 4 is 6.01 Å².